The number of hydrogen-bond acceptors (Lipinski definition) is 1. The summed E-state index contributed by atoms with van der Waals surface area (Å²) < 4.78 is 4.80. The van der Waals surface area contributed by atoms with Crippen molar-refractivity contribution in [2.24, 2.45) is 0 Å². The number of para-hydroxylation sites is 4. The maximum absolute atomic E-state index is 4.63. The fraction of sp³-hybridized carbons (Fsp3) is 0.0278. The summed E-state index contributed by atoms with van der Waals surface area (Å²) in [6.07, 6.45) is 1.86. The van der Waals surface area contributed by atoms with Gasteiger partial charge in [-0.05, 0) is 61.0 Å². The Bertz CT molecular complexity index is 1960. The predicted molar refractivity (Wildman–Crippen MR) is 163 cm³/mol. The molecule has 3 nitrogen and oxygen atoms in total. The molecule has 3 heterocycles. The minimum atomic E-state index is 1.02. The van der Waals surface area contributed by atoms with Crippen molar-refractivity contribution in [3.8, 4) is 22.5 Å². The number of pyridine rings is 1. The molecule has 0 saturated heterocycles. The molecule has 0 spiro atoms. The van der Waals surface area contributed by atoms with E-state index in [0.29, 0.717) is 0 Å². The molecule has 0 atom stereocenters. The van der Waals surface area contributed by atoms with E-state index in [1.807, 2.05) is 12.3 Å². The molecule has 0 aliphatic heterocycles. The average Bonchev–Trinajstić information content (AvgIpc) is 3.50. The smallest absolute Gasteiger partial charge is 0.0541 e. The molecule has 0 unspecified atom stereocenters. The second-order valence-electron chi connectivity index (χ2n) is 10.1. The van der Waals surface area contributed by atoms with Gasteiger partial charge in [-0.1, -0.05) is 78.9 Å². The van der Waals surface area contributed by atoms with Crippen LogP contribution in [0.5, 0.6) is 0 Å². The van der Waals surface area contributed by atoms with Gasteiger partial charge in [0.05, 0.1) is 22.1 Å². The van der Waals surface area contributed by atoms with E-state index in [0.717, 1.165) is 28.2 Å². The molecular formula is C36H25N3. The van der Waals surface area contributed by atoms with Gasteiger partial charge in [-0.3, -0.25) is 4.98 Å². The third kappa shape index (κ3) is 3.27. The molecule has 8 rings (SSSR count). The van der Waals surface area contributed by atoms with Crippen LogP contribution in [-0.2, 0) is 0 Å². The third-order valence-electron chi connectivity index (χ3n) is 7.90. The van der Waals surface area contributed by atoms with E-state index in [1.54, 1.807) is 0 Å². The Balaban J connectivity index is 1.52. The molecule has 5 aromatic carbocycles. The van der Waals surface area contributed by atoms with Crippen molar-refractivity contribution < 1.29 is 0 Å². The van der Waals surface area contributed by atoms with Crippen LogP contribution in [0.3, 0.4) is 0 Å². The van der Waals surface area contributed by atoms with Gasteiger partial charge in [0.2, 0.25) is 0 Å². The van der Waals surface area contributed by atoms with Crippen LogP contribution >= 0.6 is 0 Å². The van der Waals surface area contributed by atoms with Crippen LogP contribution in [0.1, 0.15) is 5.69 Å². The normalized spacial score (nSPS) is 11.7. The standard InChI is InChI=1S/C36H25N3/c1-24-28(15-10-20-37-24)25-21-26(38-33-16-6-2-11-29(33)30-12-3-7-17-34(30)38)23-27(22-25)39-35-18-8-4-13-31(35)32-14-5-9-19-36(32)39/h2-23H,1H3. The molecule has 3 aromatic heterocycles. The van der Waals surface area contributed by atoms with Gasteiger partial charge in [-0.25, -0.2) is 0 Å². The van der Waals surface area contributed by atoms with Crippen LogP contribution in [0.15, 0.2) is 134 Å². The summed E-state index contributed by atoms with van der Waals surface area (Å²) >= 11 is 0. The Morgan fingerprint density at radius 1 is 0.462 bits per heavy atom. The van der Waals surface area contributed by atoms with Gasteiger partial charge in [-0.15, -0.1) is 0 Å². The lowest BCUT2D eigenvalue weighted by molar-refractivity contribution is 1.13. The highest BCUT2D eigenvalue weighted by Gasteiger charge is 2.17. The molecule has 0 radical (unpaired) electrons. The second kappa shape index (κ2) is 8.44. The zero-order valence-electron chi connectivity index (χ0n) is 21.5. The van der Waals surface area contributed by atoms with Gasteiger partial charge < -0.3 is 9.13 Å². The van der Waals surface area contributed by atoms with Crippen LogP contribution in [-0.4, -0.2) is 14.1 Å². The summed E-state index contributed by atoms with van der Waals surface area (Å²) in [5.74, 6) is 0. The zero-order valence-corrected chi connectivity index (χ0v) is 21.5. The fourth-order valence-corrected chi connectivity index (χ4v) is 6.20. The van der Waals surface area contributed by atoms with E-state index in [1.165, 1.54) is 43.6 Å². The first-order valence-electron chi connectivity index (χ1n) is 13.3. The summed E-state index contributed by atoms with van der Waals surface area (Å²) in [4.78, 5) is 4.63. The van der Waals surface area contributed by atoms with Crippen molar-refractivity contribution in [1.29, 1.82) is 0 Å². The van der Waals surface area contributed by atoms with Gasteiger partial charge in [0.1, 0.15) is 0 Å². The highest BCUT2D eigenvalue weighted by molar-refractivity contribution is 6.10. The van der Waals surface area contributed by atoms with Crippen molar-refractivity contribution in [1.82, 2.24) is 14.1 Å². The van der Waals surface area contributed by atoms with E-state index in [4.69, 9.17) is 0 Å². The monoisotopic (exact) mass is 499 g/mol. The van der Waals surface area contributed by atoms with Crippen LogP contribution in [0.2, 0.25) is 0 Å². The topological polar surface area (TPSA) is 22.8 Å². The lowest BCUT2D eigenvalue weighted by Crippen LogP contribution is -2.00. The van der Waals surface area contributed by atoms with Gasteiger partial charge in [0.25, 0.3) is 0 Å². The van der Waals surface area contributed by atoms with Crippen LogP contribution in [0, 0.1) is 6.92 Å². The maximum atomic E-state index is 4.63. The third-order valence-corrected chi connectivity index (χ3v) is 7.90. The Labute approximate surface area is 226 Å². The van der Waals surface area contributed by atoms with Crippen molar-refractivity contribution in [2.45, 2.75) is 6.92 Å². The molecular weight excluding hydrogens is 474 g/mol. The number of hydrogen-bond donors (Lipinski definition) is 0. The summed E-state index contributed by atoms with van der Waals surface area (Å²) in [7, 11) is 0. The van der Waals surface area contributed by atoms with Gasteiger partial charge >= 0.3 is 0 Å². The van der Waals surface area contributed by atoms with E-state index in [-0.39, 0.29) is 0 Å². The fourth-order valence-electron chi connectivity index (χ4n) is 6.20. The minimum Gasteiger partial charge on any atom is -0.309 e. The van der Waals surface area contributed by atoms with E-state index < -0.39 is 0 Å². The predicted octanol–water partition coefficient (Wildman–Crippen LogP) is 9.25. The molecule has 0 aliphatic carbocycles. The molecule has 39 heavy (non-hydrogen) atoms. The Hall–Kier alpha value is -5.15. The minimum absolute atomic E-state index is 1.02. The molecule has 0 aliphatic rings. The second-order valence-corrected chi connectivity index (χ2v) is 10.1. The van der Waals surface area contributed by atoms with Gasteiger partial charge in [0.15, 0.2) is 0 Å². The lowest BCUT2D eigenvalue weighted by Gasteiger charge is -2.16. The molecule has 3 heteroatoms. The number of aromatic nitrogens is 3. The maximum Gasteiger partial charge on any atom is 0.0541 e. The van der Waals surface area contributed by atoms with Crippen molar-refractivity contribution in [3.63, 3.8) is 0 Å². The number of benzene rings is 5. The molecule has 0 saturated carbocycles. The molecule has 0 amide bonds. The van der Waals surface area contributed by atoms with Crippen molar-refractivity contribution >= 4 is 43.6 Å². The van der Waals surface area contributed by atoms with E-state index >= 15 is 0 Å². The first-order valence-corrected chi connectivity index (χ1v) is 13.3. The van der Waals surface area contributed by atoms with Gasteiger partial charge in [-0.2, -0.15) is 0 Å². The molecule has 0 fully saturated rings. The Kier molecular flexibility index (Phi) is 4.74. The van der Waals surface area contributed by atoms with Gasteiger partial charge in [0, 0.05) is 50.4 Å². The summed E-state index contributed by atoms with van der Waals surface area (Å²) in [6.45, 7) is 2.09. The van der Waals surface area contributed by atoms with Crippen molar-refractivity contribution in [2.75, 3.05) is 0 Å². The Morgan fingerprint density at radius 2 is 0.872 bits per heavy atom. The Morgan fingerprint density at radius 3 is 1.28 bits per heavy atom. The summed E-state index contributed by atoms with van der Waals surface area (Å²) in [5.41, 5.74) is 10.4. The van der Waals surface area contributed by atoms with Crippen molar-refractivity contribution in [3.05, 3.63) is 139 Å². The molecule has 184 valence electrons. The highest BCUT2D eigenvalue weighted by Crippen LogP contribution is 2.37. The van der Waals surface area contributed by atoms with Crippen LogP contribution < -0.4 is 0 Å². The number of nitrogens with zero attached hydrogens (tertiary/aromatic N) is 3. The number of aryl methyl sites for hydroxylation is 1. The molecule has 0 N–H and O–H groups in total. The first kappa shape index (κ1) is 21.9. The molecule has 8 aromatic rings. The summed E-state index contributed by atoms with van der Waals surface area (Å²) in [6, 6.07) is 45.9. The largest absolute Gasteiger partial charge is 0.309 e. The zero-order chi connectivity index (χ0) is 25.9. The summed E-state index contributed by atoms with van der Waals surface area (Å²) in [5, 5.41) is 5.04. The molecule has 0 bridgehead atoms. The first-order chi connectivity index (χ1) is 19.3. The highest BCUT2D eigenvalue weighted by atomic mass is 15.0. The van der Waals surface area contributed by atoms with E-state index in [2.05, 4.69) is 142 Å². The number of rotatable bonds is 3. The van der Waals surface area contributed by atoms with E-state index in [9.17, 15) is 0 Å². The quantitative estimate of drug-likeness (QED) is 0.237. The SMILES string of the molecule is Cc1ncccc1-c1cc(-n2c3ccccc3c3ccccc32)cc(-n2c3ccccc3c3ccccc32)c1. The number of fused-ring (bicyclic) bond motifs is 6. The van der Waals surface area contributed by atoms with Crippen LogP contribution in [0.4, 0.5) is 0 Å². The lowest BCUT2D eigenvalue weighted by atomic mass is 10.0. The average molecular weight is 500 g/mol. The van der Waals surface area contributed by atoms with Crippen LogP contribution in [0.25, 0.3) is 66.1 Å².